The van der Waals surface area contributed by atoms with Gasteiger partial charge in [0.05, 0.1) is 24.7 Å². The van der Waals surface area contributed by atoms with Crippen molar-refractivity contribution in [3.63, 3.8) is 0 Å². The maximum atomic E-state index is 11.5. The van der Waals surface area contributed by atoms with Crippen molar-refractivity contribution in [1.82, 2.24) is 9.88 Å². The standard InChI is InChI=1S/C19H21N3O3S/c1-14(23)21-9-11-22(12-10-21)16-5-3-15(20-13-16)4-6-17-7-8-18(26-17)19(24)25-2/h3-8,13H,9-12H2,1-2H3. The fraction of sp³-hybridized carbons (Fsp3) is 0.316. The number of amides is 1. The van der Waals surface area contributed by atoms with Crippen molar-refractivity contribution in [2.24, 2.45) is 0 Å². The monoisotopic (exact) mass is 371 g/mol. The molecule has 1 saturated heterocycles. The lowest BCUT2D eigenvalue weighted by molar-refractivity contribution is -0.129. The molecule has 0 spiro atoms. The Balaban J connectivity index is 1.60. The van der Waals surface area contributed by atoms with Crippen molar-refractivity contribution >= 4 is 41.1 Å². The van der Waals surface area contributed by atoms with Crippen molar-refractivity contribution in [3.05, 3.63) is 45.9 Å². The first kappa shape index (κ1) is 18.1. The summed E-state index contributed by atoms with van der Waals surface area (Å²) in [6, 6.07) is 7.66. The number of anilines is 1. The molecular weight excluding hydrogens is 350 g/mol. The Labute approximate surface area is 156 Å². The van der Waals surface area contributed by atoms with E-state index in [0.29, 0.717) is 4.88 Å². The minimum absolute atomic E-state index is 0.132. The highest BCUT2D eigenvalue weighted by molar-refractivity contribution is 7.14. The maximum Gasteiger partial charge on any atom is 0.348 e. The van der Waals surface area contributed by atoms with Gasteiger partial charge in [-0.15, -0.1) is 11.3 Å². The van der Waals surface area contributed by atoms with E-state index in [1.165, 1.54) is 18.4 Å². The number of rotatable bonds is 4. The number of ether oxygens (including phenoxy) is 1. The Morgan fingerprint density at radius 2 is 1.88 bits per heavy atom. The number of methoxy groups -OCH3 is 1. The zero-order valence-electron chi connectivity index (χ0n) is 14.8. The second-order valence-electron chi connectivity index (χ2n) is 5.96. The summed E-state index contributed by atoms with van der Waals surface area (Å²) in [5.74, 6) is -0.186. The van der Waals surface area contributed by atoms with Crippen LogP contribution < -0.4 is 4.90 Å². The van der Waals surface area contributed by atoms with Crippen LogP contribution >= 0.6 is 11.3 Å². The Morgan fingerprint density at radius 1 is 1.12 bits per heavy atom. The van der Waals surface area contributed by atoms with E-state index < -0.39 is 0 Å². The molecule has 2 aromatic heterocycles. The summed E-state index contributed by atoms with van der Waals surface area (Å²) < 4.78 is 4.71. The largest absolute Gasteiger partial charge is 0.465 e. The fourth-order valence-corrected chi connectivity index (χ4v) is 3.61. The SMILES string of the molecule is COC(=O)c1ccc(C=Cc2ccc(N3CCN(C(C)=O)CC3)cn2)s1. The van der Waals surface area contributed by atoms with E-state index in [9.17, 15) is 9.59 Å². The summed E-state index contributed by atoms with van der Waals surface area (Å²) in [4.78, 5) is 33.0. The Hall–Kier alpha value is -2.67. The van der Waals surface area contributed by atoms with Crippen LogP contribution in [0.4, 0.5) is 5.69 Å². The lowest BCUT2D eigenvalue weighted by Crippen LogP contribution is -2.48. The molecule has 1 aliphatic heterocycles. The van der Waals surface area contributed by atoms with Crippen LogP contribution in [0.2, 0.25) is 0 Å². The van der Waals surface area contributed by atoms with Crippen molar-refractivity contribution < 1.29 is 14.3 Å². The molecule has 1 amide bonds. The van der Waals surface area contributed by atoms with Crippen molar-refractivity contribution in [1.29, 1.82) is 0 Å². The van der Waals surface area contributed by atoms with Crippen LogP contribution in [-0.2, 0) is 9.53 Å². The summed E-state index contributed by atoms with van der Waals surface area (Å²) in [7, 11) is 1.38. The van der Waals surface area contributed by atoms with Gasteiger partial charge in [-0.25, -0.2) is 4.79 Å². The average Bonchev–Trinajstić information content (AvgIpc) is 3.15. The third-order valence-corrected chi connectivity index (χ3v) is 5.32. The van der Waals surface area contributed by atoms with Crippen LogP contribution in [0.15, 0.2) is 30.5 Å². The van der Waals surface area contributed by atoms with E-state index in [4.69, 9.17) is 4.74 Å². The Bertz CT molecular complexity index is 806. The fourth-order valence-electron chi connectivity index (χ4n) is 2.78. The van der Waals surface area contributed by atoms with Gasteiger partial charge in [0.2, 0.25) is 5.91 Å². The summed E-state index contributed by atoms with van der Waals surface area (Å²) >= 11 is 1.38. The molecule has 1 fully saturated rings. The minimum Gasteiger partial charge on any atom is -0.465 e. The highest BCUT2D eigenvalue weighted by Crippen LogP contribution is 2.20. The Kier molecular flexibility index (Phi) is 5.68. The molecule has 0 N–H and O–H groups in total. The molecule has 3 heterocycles. The van der Waals surface area contributed by atoms with Gasteiger partial charge in [-0.05, 0) is 36.4 Å². The molecule has 0 aromatic carbocycles. The van der Waals surface area contributed by atoms with E-state index >= 15 is 0 Å². The minimum atomic E-state index is -0.318. The predicted octanol–water partition coefficient (Wildman–Crippen LogP) is 2.77. The topological polar surface area (TPSA) is 62.7 Å². The van der Waals surface area contributed by atoms with Crippen LogP contribution in [0.1, 0.15) is 27.2 Å². The number of hydrogen-bond donors (Lipinski definition) is 0. The molecule has 7 heteroatoms. The molecule has 0 atom stereocenters. The number of piperazine rings is 1. The first-order valence-corrected chi connectivity index (χ1v) is 9.21. The molecule has 26 heavy (non-hydrogen) atoms. The van der Waals surface area contributed by atoms with E-state index in [-0.39, 0.29) is 11.9 Å². The first-order valence-electron chi connectivity index (χ1n) is 8.39. The van der Waals surface area contributed by atoms with Crippen LogP contribution in [0, 0.1) is 0 Å². The third kappa shape index (κ3) is 4.29. The van der Waals surface area contributed by atoms with Gasteiger partial charge in [-0.1, -0.05) is 0 Å². The second kappa shape index (κ2) is 8.14. The number of esters is 1. The number of carbonyl (C=O) groups excluding carboxylic acids is 2. The first-order chi connectivity index (χ1) is 12.6. The van der Waals surface area contributed by atoms with Gasteiger partial charge in [-0.2, -0.15) is 0 Å². The number of aromatic nitrogens is 1. The van der Waals surface area contributed by atoms with Crippen LogP contribution in [0.5, 0.6) is 0 Å². The lowest BCUT2D eigenvalue weighted by atomic mass is 10.2. The smallest absolute Gasteiger partial charge is 0.348 e. The van der Waals surface area contributed by atoms with Gasteiger partial charge in [0.25, 0.3) is 0 Å². The second-order valence-corrected chi connectivity index (χ2v) is 7.08. The van der Waals surface area contributed by atoms with Gasteiger partial charge in [0, 0.05) is 38.0 Å². The van der Waals surface area contributed by atoms with Gasteiger partial charge in [0.1, 0.15) is 4.88 Å². The quantitative estimate of drug-likeness (QED) is 0.774. The molecule has 0 bridgehead atoms. The number of thiophene rings is 1. The number of pyridine rings is 1. The number of carbonyl (C=O) groups is 2. The van der Waals surface area contributed by atoms with Gasteiger partial charge >= 0.3 is 5.97 Å². The molecule has 0 aliphatic carbocycles. The van der Waals surface area contributed by atoms with Crippen molar-refractivity contribution in [2.75, 3.05) is 38.2 Å². The van der Waals surface area contributed by atoms with E-state index in [1.54, 1.807) is 13.0 Å². The van der Waals surface area contributed by atoms with E-state index in [1.807, 2.05) is 41.4 Å². The number of hydrogen-bond acceptors (Lipinski definition) is 6. The van der Waals surface area contributed by atoms with E-state index in [2.05, 4.69) is 9.88 Å². The molecular formula is C19H21N3O3S. The zero-order valence-corrected chi connectivity index (χ0v) is 15.7. The molecule has 1 aliphatic rings. The van der Waals surface area contributed by atoms with Crippen LogP contribution in [0.3, 0.4) is 0 Å². The molecule has 0 radical (unpaired) electrons. The highest BCUT2D eigenvalue weighted by Gasteiger charge is 2.18. The van der Waals surface area contributed by atoms with Gasteiger partial charge < -0.3 is 14.5 Å². The van der Waals surface area contributed by atoms with Crippen LogP contribution in [0.25, 0.3) is 12.2 Å². The zero-order chi connectivity index (χ0) is 18.5. The third-order valence-electron chi connectivity index (χ3n) is 4.29. The number of nitrogens with zero attached hydrogens (tertiary/aromatic N) is 3. The molecule has 0 unspecified atom stereocenters. The summed E-state index contributed by atoms with van der Waals surface area (Å²) in [5, 5.41) is 0. The summed E-state index contributed by atoms with van der Waals surface area (Å²) in [6.45, 7) is 4.75. The van der Waals surface area contributed by atoms with Gasteiger partial charge in [-0.3, -0.25) is 9.78 Å². The molecule has 2 aromatic rings. The Morgan fingerprint density at radius 3 is 2.50 bits per heavy atom. The van der Waals surface area contributed by atoms with Crippen molar-refractivity contribution in [3.8, 4) is 0 Å². The molecule has 6 nitrogen and oxygen atoms in total. The molecule has 0 saturated carbocycles. The lowest BCUT2D eigenvalue weighted by Gasteiger charge is -2.35. The predicted molar refractivity (Wildman–Crippen MR) is 103 cm³/mol. The van der Waals surface area contributed by atoms with Gasteiger partial charge in [0.15, 0.2) is 0 Å². The maximum absolute atomic E-state index is 11.5. The summed E-state index contributed by atoms with van der Waals surface area (Å²) in [5.41, 5.74) is 1.92. The molecule has 136 valence electrons. The van der Waals surface area contributed by atoms with Crippen molar-refractivity contribution in [2.45, 2.75) is 6.92 Å². The summed E-state index contributed by atoms with van der Waals surface area (Å²) in [6.07, 6.45) is 5.71. The average molecular weight is 371 g/mol. The molecule has 3 rings (SSSR count). The highest BCUT2D eigenvalue weighted by atomic mass is 32.1. The van der Waals surface area contributed by atoms with E-state index in [0.717, 1.165) is 42.4 Å². The normalized spacial score (nSPS) is 14.7. The van der Waals surface area contributed by atoms with Crippen LogP contribution in [-0.4, -0.2) is 55.0 Å².